The van der Waals surface area contributed by atoms with E-state index in [0.29, 0.717) is 6.04 Å². The molecule has 2 rings (SSSR count). The molecule has 4 heteroatoms. The van der Waals surface area contributed by atoms with Gasteiger partial charge in [0.15, 0.2) is 0 Å². The van der Waals surface area contributed by atoms with Crippen molar-refractivity contribution in [2.75, 3.05) is 0 Å². The first-order chi connectivity index (χ1) is 7.25. The Hall–Kier alpha value is -0.900. The molecule has 1 heterocycles. The fourth-order valence-corrected chi connectivity index (χ4v) is 2.33. The zero-order chi connectivity index (χ0) is 10.7. The Labute approximate surface area is 91.1 Å². The van der Waals surface area contributed by atoms with Crippen LogP contribution in [0.3, 0.4) is 0 Å². The van der Waals surface area contributed by atoms with Crippen molar-refractivity contribution >= 4 is 0 Å². The maximum atomic E-state index is 4.08. The molecule has 0 saturated heterocycles. The molecule has 0 spiro atoms. The van der Waals surface area contributed by atoms with E-state index in [9.17, 15) is 0 Å². The lowest BCUT2D eigenvalue weighted by Gasteiger charge is -2.29. The second-order valence-corrected chi connectivity index (χ2v) is 4.63. The van der Waals surface area contributed by atoms with E-state index in [2.05, 4.69) is 22.6 Å². The van der Waals surface area contributed by atoms with Crippen LogP contribution in [0.5, 0.6) is 0 Å². The molecule has 1 N–H and O–H groups in total. The van der Waals surface area contributed by atoms with Crippen LogP contribution in [0.25, 0.3) is 0 Å². The van der Waals surface area contributed by atoms with Crippen LogP contribution in [-0.4, -0.2) is 21.0 Å². The molecule has 2 atom stereocenters. The maximum absolute atomic E-state index is 4.08. The van der Waals surface area contributed by atoms with E-state index in [-0.39, 0.29) is 0 Å². The third-order valence-corrected chi connectivity index (χ3v) is 3.31. The summed E-state index contributed by atoms with van der Waals surface area (Å²) in [7, 11) is 1.90. The summed E-state index contributed by atoms with van der Waals surface area (Å²) in [6.45, 7) is 3.19. The Morgan fingerprint density at radius 2 is 2.27 bits per heavy atom. The van der Waals surface area contributed by atoms with E-state index in [1.807, 2.05) is 13.2 Å². The van der Waals surface area contributed by atoms with Crippen molar-refractivity contribution in [1.29, 1.82) is 0 Å². The molecule has 1 aliphatic carbocycles. The van der Waals surface area contributed by atoms with Crippen LogP contribution < -0.4 is 5.32 Å². The Kier molecular flexibility index (Phi) is 3.36. The topological polar surface area (TPSA) is 42.7 Å². The van der Waals surface area contributed by atoms with Crippen LogP contribution in [0.2, 0.25) is 0 Å². The Morgan fingerprint density at radius 1 is 1.47 bits per heavy atom. The van der Waals surface area contributed by atoms with Gasteiger partial charge >= 0.3 is 0 Å². The summed E-state index contributed by atoms with van der Waals surface area (Å²) in [6.07, 6.45) is 7.40. The van der Waals surface area contributed by atoms with Gasteiger partial charge in [0.1, 0.15) is 0 Å². The van der Waals surface area contributed by atoms with Gasteiger partial charge in [-0.3, -0.25) is 4.68 Å². The van der Waals surface area contributed by atoms with Gasteiger partial charge in [0.2, 0.25) is 0 Å². The summed E-state index contributed by atoms with van der Waals surface area (Å²) in [5.74, 6) is 0.801. The van der Waals surface area contributed by atoms with Crippen LogP contribution in [0.4, 0.5) is 0 Å². The number of nitrogens with zero attached hydrogens (tertiary/aromatic N) is 3. The van der Waals surface area contributed by atoms with E-state index in [1.54, 1.807) is 4.68 Å². The number of aromatic nitrogens is 3. The monoisotopic (exact) mass is 208 g/mol. The van der Waals surface area contributed by atoms with Gasteiger partial charge in [0.25, 0.3) is 0 Å². The van der Waals surface area contributed by atoms with Gasteiger partial charge in [0, 0.05) is 25.8 Å². The van der Waals surface area contributed by atoms with Crippen LogP contribution in [-0.2, 0) is 13.6 Å². The van der Waals surface area contributed by atoms with E-state index in [1.165, 1.54) is 25.7 Å². The van der Waals surface area contributed by atoms with Crippen molar-refractivity contribution in [3.8, 4) is 0 Å². The standard InChI is InChI=1S/C11H20N4/c1-9-5-3-4-6-11(9)12-7-10-8-15(2)14-13-10/h8-9,11-12H,3-7H2,1-2H3. The smallest absolute Gasteiger partial charge is 0.0964 e. The summed E-state index contributed by atoms with van der Waals surface area (Å²) in [4.78, 5) is 0. The zero-order valence-electron chi connectivity index (χ0n) is 9.61. The molecule has 0 aliphatic heterocycles. The number of rotatable bonds is 3. The summed E-state index contributed by atoms with van der Waals surface area (Å²) in [5, 5.41) is 11.6. The molecule has 0 bridgehead atoms. The first-order valence-electron chi connectivity index (χ1n) is 5.84. The Bertz CT molecular complexity index is 307. The zero-order valence-corrected chi connectivity index (χ0v) is 9.61. The van der Waals surface area contributed by atoms with Crippen molar-refractivity contribution in [3.63, 3.8) is 0 Å². The minimum atomic E-state index is 0.667. The number of aryl methyl sites for hydroxylation is 1. The minimum absolute atomic E-state index is 0.667. The average molecular weight is 208 g/mol. The average Bonchev–Trinajstić information content (AvgIpc) is 2.63. The highest BCUT2D eigenvalue weighted by Gasteiger charge is 2.20. The molecule has 0 amide bonds. The van der Waals surface area contributed by atoms with E-state index < -0.39 is 0 Å². The SMILES string of the molecule is CC1CCCCC1NCc1cn(C)nn1. The molecular formula is C11H20N4. The lowest BCUT2D eigenvalue weighted by molar-refractivity contribution is 0.278. The highest BCUT2D eigenvalue weighted by atomic mass is 15.4. The number of hydrogen-bond donors (Lipinski definition) is 1. The minimum Gasteiger partial charge on any atom is -0.308 e. The molecule has 1 saturated carbocycles. The second-order valence-electron chi connectivity index (χ2n) is 4.63. The normalized spacial score (nSPS) is 26.8. The number of hydrogen-bond acceptors (Lipinski definition) is 3. The largest absolute Gasteiger partial charge is 0.308 e. The van der Waals surface area contributed by atoms with Crippen molar-refractivity contribution in [2.45, 2.75) is 45.2 Å². The van der Waals surface area contributed by atoms with Crippen molar-refractivity contribution in [1.82, 2.24) is 20.3 Å². The first kappa shape index (κ1) is 10.6. The van der Waals surface area contributed by atoms with Gasteiger partial charge in [-0.2, -0.15) is 0 Å². The fourth-order valence-electron chi connectivity index (χ4n) is 2.33. The molecular weight excluding hydrogens is 188 g/mol. The Morgan fingerprint density at radius 3 is 2.93 bits per heavy atom. The van der Waals surface area contributed by atoms with Gasteiger partial charge in [-0.15, -0.1) is 5.10 Å². The van der Waals surface area contributed by atoms with Gasteiger partial charge in [-0.25, -0.2) is 0 Å². The fraction of sp³-hybridized carbons (Fsp3) is 0.818. The van der Waals surface area contributed by atoms with Crippen molar-refractivity contribution in [2.24, 2.45) is 13.0 Å². The predicted molar refractivity (Wildman–Crippen MR) is 59.3 cm³/mol. The summed E-state index contributed by atoms with van der Waals surface area (Å²) < 4.78 is 1.75. The van der Waals surface area contributed by atoms with Crippen LogP contribution in [0, 0.1) is 5.92 Å². The quantitative estimate of drug-likeness (QED) is 0.818. The summed E-state index contributed by atoms with van der Waals surface area (Å²) in [6, 6.07) is 0.667. The lowest BCUT2D eigenvalue weighted by atomic mass is 9.86. The van der Waals surface area contributed by atoms with Gasteiger partial charge in [-0.05, 0) is 18.8 Å². The van der Waals surface area contributed by atoms with Gasteiger partial charge in [0.05, 0.1) is 5.69 Å². The molecule has 0 radical (unpaired) electrons. The molecule has 84 valence electrons. The first-order valence-corrected chi connectivity index (χ1v) is 5.84. The molecule has 1 aromatic heterocycles. The molecule has 0 aromatic carbocycles. The maximum Gasteiger partial charge on any atom is 0.0964 e. The van der Waals surface area contributed by atoms with Gasteiger partial charge in [-0.1, -0.05) is 25.0 Å². The molecule has 1 aliphatic rings. The summed E-state index contributed by atoms with van der Waals surface area (Å²) in [5.41, 5.74) is 1.04. The molecule has 2 unspecified atom stereocenters. The Balaban J connectivity index is 1.81. The molecule has 4 nitrogen and oxygen atoms in total. The molecule has 1 aromatic rings. The predicted octanol–water partition coefficient (Wildman–Crippen LogP) is 1.48. The van der Waals surface area contributed by atoms with E-state index in [4.69, 9.17) is 0 Å². The van der Waals surface area contributed by atoms with E-state index in [0.717, 1.165) is 18.2 Å². The highest BCUT2D eigenvalue weighted by molar-refractivity contribution is 4.92. The third-order valence-electron chi connectivity index (χ3n) is 3.31. The third kappa shape index (κ3) is 2.78. The second kappa shape index (κ2) is 4.75. The number of nitrogens with one attached hydrogen (secondary N) is 1. The highest BCUT2D eigenvalue weighted by Crippen LogP contribution is 2.23. The lowest BCUT2D eigenvalue weighted by Crippen LogP contribution is -2.36. The van der Waals surface area contributed by atoms with E-state index >= 15 is 0 Å². The molecule has 15 heavy (non-hydrogen) atoms. The van der Waals surface area contributed by atoms with Crippen molar-refractivity contribution in [3.05, 3.63) is 11.9 Å². The van der Waals surface area contributed by atoms with Crippen LogP contribution in [0.15, 0.2) is 6.20 Å². The molecule has 1 fully saturated rings. The summed E-state index contributed by atoms with van der Waals surface area (Å²) >= 11 is 0. The van der Waals surface area contributed by atoms with Crippen LogP contribution >= 0.6 is 0 Å². The van der Waals surface area contributed by atoms with Gasteiger partial charge < -0.3 is 5.32 Å². The van der Waals surface area contributed by atoms with Crippen molar-refractivity contribution < 1.29 is 0 Å². The van der Waals surface area contributed by atoms with Crippen LogP contribution in [0.1, 0.15) is 38.3 Å².